The fourth-order valence-electron chi connectivity index (χ4n) is 5.39. The summed E-state index contributed by atoms with van der Waals surface area (Å²) in [5, 5.41) is 11.4. The standard InChI is InChI=1S/C35H36N4O6S/c1-26-17-19-30(20-18-26)46(40,41)35-36-37-38-39(35)21-31-33(43-23-28-13-7-3-8-14-28)34(44-24-29-15-9-4-10-16-29)32(45-31)25-42-22-27-11-5-2-6-12-27/h2-20,31-34H,21-25H2,1H3/t31-,32-,33+,34-/m1/s1. The molecule has 46 heavy (non-hydrogen) atoms. The van der Waals surface area contributed by atoms with Crippen molar-refractivity contribution in [1.82, 2.24) is 20.2 Å². The van der Waals surface area contributed by atoms with E-state index < -0.39 is 34.3 Å². The molecule has 2 heterocycles. The van der Waals surface area contributed by atoms with Crippen LogP contribution < -0.4 is 0 Å². The van der Waals surface area contributed by atoms with Gasteiger partial charge in [-0.05, 0) is 46.2 Å². The second-order valence-corrected chi connectivity index (χ2v) is 13.0. The van der Waals surface area contributed by atoms with Gasteiger partial charge in [-0.2, -0.15) is 0 Å². The summed E-state index contributed by atoms with van der Waals surface area (Å²) in [6, 6.07) is 36.2. The average Bonchev–Trinajstić information content (AvgIpc) is 3.69. The van der Waals surface area contributed by atoms with Gasteiger partial charge in [0.2, 0.25) is 9.84 Å². The molecule has 0 bridgehead atoms. The van der Waals surface area contributed by atoms with Crippen LogP contribution in [0.5, 0.6) is 0 Å². The number of nitrogens with zero attached hydrogens (tertiary/aromatic N) is 4. The quantitative estimate of drug-likeness (QED) is 0.166. The number of benzene rings is 4. The van der Waals surface area contributed by atoms with Gasteiger partial charge in [-0.25, -0.2) is 13.1 Å². The zero-order valence-corrected chi connectivity index (χ0v) is 26.3. The first kappa shape index (κ1) is 31.7. The van der Waals surface area contributed by atoms with Crippen molar-refractivity contribution < 1.29 is 27.4 Å². The Hall–Kier alpha value is -4.26. The Morgan fingerprint density at radius 1 is 0.696 bits per heavy atom. The number of aryl methyl sites for hydroxylation is 1. The Morgan fingerprint density at radius 2 is 1.22 bits per heavy atom. The maximum atomic E-state index is 13.6. The molecular formula is C35H36N4O6S. The molecule has 4 aromatic carbocycles. The zero-order valence-electron chi connectivity index (χ0n) is 25.5. The highest BCUT2D eigenvalue weighted by Gasteiger charge is 2.47. The maximum absolute atomic E-state index is 13.6. The van der Waals surface area contributed by atoms with E-state index in [1.54, 1.807) is 24.3 Å². The van der Waals surface area contributed by atoms with Crippen molar-refractivity contribution in [3.05, 3.63) is 138 Å². The molecule has 0 saturated carbocycles. The van der Waals surface area contributed by atoms with Crippen LogP contribution >= 0.6 is 0 Å². The van der Waals surface area contributed by atoms with Crippen LogP contribution in [0.1, 0.15) is 22.3 Å². The van der Waals surface area contributed by atoms with Gasteiger partial charge >= 0.3 is 0 Å². The summed E-state index contributed by atoms with van der Waals surface area (Å²) in [6.07, 6.45) is -2.27. The Labute approximate surface area is 268 Å². The van der Waals surface area contributed by atoms with Crippen LogP contribution in [0.3, 0.4) is 0 Å². The molecule has 0 spiro atoms. The molecule has 11 heteroatoms. The molecule has 1 saturated heterocycles. The van der Waals surface area contributed by atoms with E-state index in [0.29, 0.717) is 19.8 Å². The highest BCUT2D eigenvalue weighted by molar-refractivity contribution is 7.91. The smallest absolute Gasteiger partial charge is 0.272 e. The summed E-state index contributed by atoms with van der Waals surface area (Å²) in [6.45, 7) is 3.19. The van der Waals surface area contributed by atoms with E-state index in [2.05, 4.69) is 15.5 Å². The topological polar surface area (TPSA) is 115 Å². The highest BCUT2D eigenvalue weighted by atomic mass is 32.2. The predicted octanol–water partition coefficient (Wildman–Crippen LogP) is 4.97. The SMILES string of the molecule is Cc1ccc(S(=O)(=O)c2nnnn2C[C@H]2O[C@H](COCc3ccccc3)[C@@H](OCc3ccccc3)[C@H]2OCc2ccccc2)cc1. The van der Waals surface area contributed by atoms with Crippen LogP contribution in [0, 0.1) is 6.92 Å². The first-order valence-electron chi connectivity index (χ1n) is 15.1. The second-order valence-electron chi connectivity index (χ2n) is 11.2. The molecule has 238 valence electrons. The van der Waals surface area contributed by atoms with Crippen LogP contribution in [-0.4, -0.2) is 59.6 Å². The van der Waals surface area contributed by atoms with E-state index in [4.69, 9.17) is 18.9 Å². The minimum absolute atomic E-state index is 0.0211. The third-order valence-corrected chi connectivity index (χ3v) is 9.46. The first-order valence-corrected chi connectivity index (χ1v) is 16.6. The monoisotopic (exact) mass is 640 g/mol. The molecule has 4 atom stereocenters. The summed E-state index contributed by atoms with van der Waals surface area (Å²) in [5.74, 6) is 0. The van der Waals surface area contributed by atoms with Gasteiger partial charge in [-0.15, -0.1) is 0 Å². The van der Waals surface area contributed by atoms with Gasteiger partial charge in [0.1, 0.15) is 24.4 Å². The van der Waals surface area contributed by atoms with Crippen molar-refractivity contribution in [2.75, 3.05) is 6.61 Å². The predicted molar refractivity (Wildman–Crippen MR) is 169 cm³/mol. The number of aromatic nitrogens is 4. The van der Waals surface area contributed by atoms with Crippen LogP contribution in [-0.2, 0) is 55.2 Å². The molecule has 5 aromatic rings. The molecule has 1 fully saturated rings. The number of ether oxygens (including phenoxy) is 4. The van der Waals surface area contributed by atoms with E-state index in [1.165, 1.54) is 4.68 Å². The third kappa shape index (κ3) is 7.75. The molecular weight excluding hydrogens is 604 g/mol. The van der Waals surface area contributed by atoms with Crippen molar-refractivity contribution in [3.8, 4) is 0 Å². The Balaban J connectivity index is 1.27. The van der Waals surface area contributed by atoms with Crippen LogP contribution in [0.25, 0.3) is 0 Å². The van der Waals surface area contributed by atoms with Gasteiger partial charge in [0.25, 0.3) is 5.16 Å². The van der Waals surface area contributed by atoms with Gasteiger partial charge in [0.15, 0.2) is 0 Å². The number of sulfone groups is 1. The lowest BCUT2D eigenvalue weighted by molar-refractivity contribution is -0.0899. The molecule has 1 aliphatic heterocycles. The fraction of sp³-hybridized carbons (Fsp3) is 0.286. The van der Waals surface area contributed by atoms with Gasteiger partial charge in [-0.1, -0.05) is 114 Å². The molecule has 0 N–H and O–H groups in total. The van der Waals surface area contributed by atoms with E-state index >= 15 is 0 Å². The summed E-state index contributed by atoms with van der Waals surface area (Å²) in [4.78, 5) is 0.106. The number of tetrazole rings is 1. The van der Waals surface area contributed by atoms with E-state index in [0.717, 1.165) is 22.3 Å². The van der Waals surface area contributed by atoms with Crippen LogP contribution in [0.2, 0.25) is 0 Å². The molecule has 0 aliphatic carbocycles. The zero-order chi connectivity index (χ0) is 31.8. The summed E-state index contributed by atoms with van der Waals surface area (Å²) in [5.41, 5.74) is 3.97. The van der Waals surface area contributed by atoms with Crippen molar-refractivity contribution in [3.63, 3.8) is 0 Å². The van der Waals surface area contributed by atoms with Crippen LogP contribution in [0.4, 0.5) is 0 Å². The largest absolute Gasteiger partial charge is 0.374 e. The van der Waals surface area contributed by atoms with Gasteiger partial charge in [0, 0.05) is 0 Å². The van der Waals surface area contributed by atoms with Crippen molar-refractivity contribution in [1.29, 1.82) is 0 Å². The molecule has 10 nitrogen and oxygen atoms in total. The van der Waals surface area contributed by atoms with Gasteiger partial charge in [-0.3, -0.25) is 0 Å². The van der Waals surface area contributed by atoms with Crippen molar-refractivity contribution in [2.45, 2.75) is 67.8 Å². The maximum Gasteiger partial charge on any atom is 0.272 e. The first-order chi connectivity index (χ1) is 22.5. The van der Waals surface area contributed by atoms with Gasteiger partial charge in [0.05, 0.1) is 37.9 Å². The van der Waals surface area contributed by atoms with E-state index in [-0.39, 0.29) is 23.2 Å². The Bertz CT molecular complexity index is 1770. The van der Waals surface area contributed by atoms with E-state index in [9.17, 15) is 8.42 Å². The average molecular weight is 641 g/mol. The molecule has 0 radical (unpaired) electrons. The Morgan fingerprint density at radius 3 is 1.78 bits per heavy atom. The fourth-order valence-corrected chi connectivity index (χ4v) is 6.62. The van der Waals surface area contributed by atoms with Crippen molar-refractivity contribution >= 4 is 9.84 Å². The summed E-state index contributed by atoms with van der Waals surface area (Å²) in [7, 11) is -4.00. The highest BCUT2D eigenvalue weighted by Crippen LogP contribution is 2.31. The lowest BCUT2D eigenvalue weighted by atomic mass is 10.1. The number of hydrogen-bond donors (Lipinski definition) is 0. The van der Waals surface area contributed by atoms with Crippen LogP contribution in [0.15, 0.2) is 125 Å². The molecule has 6 rings (SSSR count). The lowest BCUT2D eigenvalue weighted by Gasteiger charge is -2.25. The summed E-state index contributed by atoms with van der Waals surface area (Å²) < 4.78 is 54.2. The minimum Gasteiger partial charge on any atom is -0.374 e. The van der Waals surface area contributed by atoms with Gasteiger partial charge < -0.3 is 18.9 Å². The third-order valence-electron chi connectivity index (χ3n) is 7.79. The lowest BCUT2D eigenvalue weighted by Crippen LogP contribution is -2.40. The molecule has 1 aromatic heterocycles. The van der Waals surface area contributed by atoms with E-state index in [1.807, 2.05) is 97.9 Å². The number of hydrogen-bond acceptors (Lipinski definition) is 9. The van der Waals surface area contributed by atoms with Crippen molar-refractivity contribution in [2.24, 2.45) is 0 Å². The number of rotatable bonds is 14. The molecule has 1 aliphatic rings. The minimum atomic E-state index is -4.00. The molecule has 0 amide bonds. The molecule has 0 unspecified atom stereocenters. The summed E-state index contributed by atoms with van der Waals surface area (Å²) >= 11 is 0. The second kappa shape index (κ2) is 14.9. The Kier molecular flexibility index (Phi) is 10.3. The normalized spacial score (nSPS) is 19.8.